The number of H-pyrrole nitrogens is 1. The number of nitrogens with one attached hydrogen (secondary N) is 3. The zero-order valence-corrected chi connectivity index (χ0v) is 17.1. The standard InChI is InChI=1S/C25H23N3O3/c1-31-23-9-5-4-8-22(23)28-25(30)17-10-13-19(14-11-17)27-24(29)15-12-18-16-26-21-7-3-2-6-20(18)21/h2-11,13-14,16,26H,12,15H2,1H3,(H,27,29)(H,28,30). The van der Waals surface area contributed by atoms with Gasteiger partial charge in [-0.25, -0.2) is 0 Å². The molecule has 4 aromatic rings. The van der Waals surface area contributed by atoms with Crippen molar-refractivity contribution < 1.29 is 14.3 Å². The molecule has 0 bridgehead atoms. The lowest BCUT2D eigenvalue weighted by Crippen LogP contribution is -2.14. The van der Waals surface area contributed by atoms with Crippen molar-refractivity contribution in [2.24, 2.45) is 0 Å². The van der Waals surface area contributed by atoms with Gasteiger partial charge in [0.15, 0.2) is 0 Å². The minimum Gasteiger partial charge on any atom is -0.495 e. The highest BCUT2D eigenvalue weighted by molar-refractivity contribution is 6.05. The zero-order valence-electron chi connectivity index (χ0n) is 17.1. The first-order chi connectivity index (χ1) is 15.1. The molecular weight excluding hydrogens is 390 g/mol. The molecular formula is C25H23N3O3. The molecule has 4 rings (SSSR count). The quantitative estimate of drug-likeness (QED) is 0.399. The van der Waals surface area contributed by atoms with Gasteiger partial charge in [0.2, 0.25) is 5.91 Å². The molecule has 0 fully saturated rings. The Bertz CT molecular complexity index is 1210. The molecule has 0 radical (unpaired) electrons. The molecule has 0 unspecified atom stereocenters. The molecule has 0 spiro atoms. The predicted molar refractivity (Wildman–Crippen MR) is 123 cm³/mol. The van der Waals surface area contributed by atoms with E-state index in [2.05, 4.69) is 15.6 Å². The number of para-hydroxylation sites is 3. The normalized spacial score (nSPS) is 10.6. The first-order valence-corrected chi connectivity index (χ1v) is 10.0. The van der Waals surface area contributed by atoms with Gasteiger partial charge in [0, 0.05) is 34.8 Å². The van der Waals surface area contributed by atoms with E-state index < -0.39 is 0 Å². The van der Waals surface area contributed by atoms with Gasteiger partial charge in [-0.1, -0.05) is 30.3 Å². The van der Waals surface area contributed by atoms with E-state index >= 15 is 0 Å². The summed E-state index contributed by atoms with van der Waals surface area (Å²) in [6.07, 6.45) is 2.97. The Morgan fingerprint density at radius 3 is 2.45 bits per heavy atom. The Labute approximate surface area is 180 Å². The molecule has 6 heteroatoms. The van der Waals surface area contributed by atoms with Gasteiger partial charge in [-0.2, -0.15) is 0 Å². The summed E-state index contributed by atoms with van der Waals surface area (Å²) in [5, 5.41) is 6.86. The monoisotopic (exact) mass is 413 g/mol. The van der Waals surface area contributed by atoms with E-state index in [9.17, 15) is 9.59 Å². The molecule has 1 heterocycles. The second kappa shape index (κ2) is 9.17. The van der Waals surface area contributed by atoms with Crippen LogP contribution in [0.4, 0.5) is 11.4 Å². The highest BCUT2D eigenvalue weighted by Gasteiger charge is 2.11. The lowest BCUT2D eigenvalue weighted by atomic mass is 10.1. The molecule has 2 amide bonds. The molecule has 0 atom stereocenters. The van der Waals surface area contributed by atoms with Crippen molar-refractivity contribution in [2.45, 2.75) is 12.8 Å². The van der Waals surface area contributed by atoms with E-state index in [1.807, 2.05) is 42.6 Å². The molecule has 3 N–H and O–H groups in total. The number of carbonyl (C=O) groups excluding carboxylic acids is 2. The minimum atomic E-state index is -0.248. The van der Waals surface area contributed by atoms with Crippen LogP contribution in [0.25, 0.3) is 10.9 Å². The Morgan fingerprint density at radius 2 is 1.65 bits per heavy atom. The fraction of sp³-hybridized carbons (Fsp3) is 0.120. The third-order valence-corrected chi connectivity index (χ3v) is 5.08. The van der Waals surface area contributed by atoms with Gasteiger partial charge in [-0.15, -0.1) is 0 Å². The topological polar surface area (TPSA) is 83.2 Å². The van der Waals surface area contributed by atoms with Gasteiger partial charge in [0.05, 0.1) is 12.8 Å². The average molecular weight is 413 g/mol. The number of aromatic nitrogens is 1. The molecule has 6 nitrogen and oxygen atoms in total. The van der Waals surface area contributed by atoms with Gasteiger partial charge < -0.3 is 20.4 Å². The second-order valence-electron chi connectivity index (χ2n) is 7.14. The van der Waals surface area contributed by atoms with Crippen LogP contribution in [-0.2, 0) is 11.2 Å². The summed E-state index contributed by atoms with van der Waals surface area (Å²) >= 11 is 0. The van der Waals surface area contributed by atoms with Crippen LogP contribution in [0.15, 0.2) is 79.0 Å². The van der Waals surface area contributed by atoms with Gasteiger partial charge in [0.25, 0.3) is 5.91 Å². The molecule has 0 aliphatic carbocycles. The lowest BCUT2D eigenvalue weighted by molar-refractivity contribution is -0.116. The van der Waals surface area contributed by atoms with Crippen molar-refractivity contribution in [2.75, 3.05) is 17.7 Å². The van der Waals surface area contributed by atoms with Crippen LogP contribution >= 0.6 is 0 Å². The summed E-state index contributed by atoms with van der Waals surface area (Å²) in [7, 11) is 1.56. The number of hydrogen-bond acceptors (Lipinski definition) is 3. The number of methoxy groups -OCH3 is 1. The molecule has 1 aromatic heterocycles. The smallest absolute Gasteiger partial charge is 0.255 e. The highest BCUT2D eigenvalue weighted by Crippen LogP contribution is 2.24. The van der Waals surface area contributed by atoms with Gasteiger partial charge in [-0.05, 0) is 54.4 Å². The summed E-state index contributed by atoms with van der Waals surface area (Å²) < 4.78 is 5.25. The van der Waals surface area contributed by atoms with E-state index in [0.717, 1.165) is 16.5 Å². The van der Waals surface area contributed by atoms with Crippen molar-refractivity contribution >= 4 is 34.1 Å². The number of hydrogen-bond donors (Lipinski definition) is 3. The van der Waals surface area contributed by atoms with Crippen LogP contribution in [0.2, 0.25) is 0 Å². The summed E-state index contributed by atoms with van der Waals surface area (Å²) in [6.45, 7) is 0. The molecule has 156 valence electrons. The maximum atomic E-state index is 12.5. The average Bonchev–Trinajstić information content (AvgIpc) is 3.21. The number of ether oxygens (including phenoxy) is 1. The Hall–Kier alpha value is -4.06. The van der Waals surface area contributed by atoms with Gasteiger partial charge in [0.1, 0.15) is 5.75 Å². The highest BCUT2D eigenvalue weighted by atomic mass is 16.5. The van der Waals surface area contributed by atoms with Crippen LogP contribution in [0.3, 0.4) is 0 Å². The van der Waals surface area contributed by atoms with Crippen LogP contribution in [0.5, 0.6) is 5.75 Å². The number of aromatic amines is 1. The first-order valence-electron chi connectivity index (χ1n) is 10.0. The van der Waals surface area contributed by atoms with Crippen LogP contribution in [-0.4, -0.2) is 23.9 Å². The summed E-state index contributed by atoms with van der Waals surface area (Å²) in [4.78, 5) is 28.1. The SMILES string of the molecule is COc1ccccc1NC(=O)c1ccc(NC(=O)CCc2c[nH]c3ccccc23)cc1. The minimum absolute atomic E-state index is 0.0727. The van der Waals surface area contributed by atoms with Crippen molar-refractivity contribution in [3.8, 4) is 5.75 Å². The van der Waals surface area contributed by atoms with E-state index in [1.54, 1.807) is 43.5 Å². The van der Waals surface area contributed by atoms with Crippen LogP contribution < -0.4 is 15.4 Å². The summed E-state index contributed by atoms with van der Waals surface area (Å²) in [5.41, 5.74) is 3.93. The van der Waals surface area contributed by atoms with E-state index in [4.69, 9.17) is 4.74 Å². The molecule has 0 aliphatic rings. The molecule has 0 aliphatic heterocycles. The largest absolute Gasteiger partial charge is 0.495 e. The number of carbonyl (C=O) groups is 2. The van der Waals surface area contributed by atoms with Crippen LogP contribution in [0, 0.1) is 0 Å². The number of rotatable bonds is 7. The summed E-state index contributed by atoms with van der Waals surface area (Å²) in [6, 6.07) is 22.1. The van der Waals surface area contributed by atoms with Gasteiger partial charge >= 0.3 is 0 Å². The Kier molecular flexibility index (Phi) is 5.98. The fourth-order valence-electron chi connectivity index (χ4n) is 3.46. The third-order valence-electron chi connectivity index (χ3n) is 5.08. The number of fused-ring (bicyclic) bond motifs is 1. The third kappa shape index (κ3) is 4.75. The van der Waals surface area contributed by atoms with Crippen molar-refractivity contribution in [1.82, 2.24) is 4.98 Å². The van der Waals surface area contributed by atoms with Gasteiger partial charge in [-0.3, -0.25) is 9.59 Å². The fourth-order valence-corrected chi connectivity index (χ4v) is 3.46. The molecule has 0 saturated carbocycles. The lowest BCUT2D eigenvalue weighted by Gasteiger charge is -2.10. The first kappa shape index (κ1) is 20.2. The maximum Gasteiger partial charge on any atom is 0.255 e. The Morgan fingerprint density at radius 1 is 0.903 bits per heavy atom. The number of benzene rings is 3. The Balaban J connectivity index is 1.33. The molecule has 0 saturated heterocycles. The summed E-state index contributed by atoms with van der Waals surface area (Å²) in [5.74, 6) is 0.271. The van der Waals surface area contributed by atoms with Crippen molar-refractivity contribution in [3.05, 3.63) is 90.1 Å². The number of anilines is 2. The maximum absolute atomic E-state index is 12.5. The number of aryl methyl sites for hydroxylation is 1. The molecule has 31 heavy (non-hydrogen) atoms. The van der Waals surface area contributed by atoms with Crippen molar-refractivity contribution in [1.29, 1.82) is 0 Å². The molecule has 3 aromatic carbocycles. The van der Waals surface area contributed by atoms with Crippen LogP contribution in [0.1, 0.15) is 22.3 Å². The van der Waals surface area contributed by atoms with Crippen molar-refractivity contribution in [3.63, 3.8) is 0 Å². The van der Waals surface area contributed by atoms with E-state index in [-0.39, 0.29) is 11.8 Å². The number of amides is 2. The van der Waals surface area contributed by atoms with E-state index in [1.165, 1.54) is 0 Å². The predicted octanol–water partition coefficient (Wildman–Crippen LogP) is 5.00. The van der Waals surface area contributed by atoms with E-state index in [0.29, 0.717) is 35.5 Å². The second-order valence-corrected chi connectivity index (χ2v) is 7.14. The zero-order chi connectivity index (χ0) is 21.6.